The minimum absolute atomic E-state index is 0.889. The van der Waals surface area contributed by atoms with Crippen LogP contribution in [0.15, 0.2) is 12.4 Å². The van der Waals surface area contributed by atoms with Crippen LogP contribution in [0.1, 0.15) is 0 Å². The predicted octanol–water partition coefficient (Wildman–Crippen LogP) is 0.144. The Bertz CT molecular complexity index is 124. The number of morpholine rings is 1. The molecule has 1 aromatic rings. The van der Waals surface area contributed by atoms with Gasteiger partial charge in [0.25, 0.3) is 0 Å². The van der Waals surface area contributed by atoms with Crippen molar-refractivity contribution in [1.29, 1.82) is 0 Å². The molecule has 0 aromatic carbocycles. The van der Waals surface area contributed by atoms with Crippen molar-refractivity contribution in [2.75, 3.05) is 26.3 Å². The van der Waals surface area contributed by atoms with E-state index in [2.05, 4.69) is 14.1 Å². The molecule has 0 aliphatic carbocycles. The summed E-state index contributed by atoms with van der Waals surface area (Å²) < 4.78 is 12.3. The average molecular weight is 173 g/mol. The number of hydrogen-bond acceptors (Lipinski definition) is 5. The van der Waals surface area contributed by atoms with Gasteiger partial charge in [0.15, 0.2) is 0 Å². The summed E-state index contributed by atoms with van der Waals surface area (Å²) in [6.07, 6.45) is 3.31. The second kappa shape index (κ2) is 6.21. The minimum Gasteiger partial charge on any atom is -0.379 e. The Morgan fingerprint density at radius 2 is 1.82 bits per heavy atom. The molecule has 0 saturated carbocycles. The van der Waals surface area contributed by atoms with Crippen LogP contribution in [0.25, 0.3) is 0 Å². The number of aromatic nitrogens is 2. The topological polar surface area (TPSA) is 47.0 Å². The van der Waals surface area contributed by atoms with Crippen LogP contribution in [-0.2, 0) is 4.74 Å². The summed E-state index contributed by atoms with van der Waals surface area (Å²) >= 11 is 1.21. The molecule has 1 aromatic heterocycles. The standard InChI is InChI=1S/C4H9NO.C2H2N2S/c1-3-6-4-2-5-1;1-2-4-5-3-1/h5H,1-4H2;1-2H. The zero-order valence-electron chi connectivity index (χ0n) is 6.19. The van der Waals surface area contributed by atoms with Gasteiger partial charge in [-0.1, -0.05) is 0 Å². The normalized spacial score (nSPS) is 16.7. The third-order valence-electron chi connectivity index (χ3n) is 1.13. The van der Waals surface area contributed by atoms with Crippen molar-refractivity contribution in [1.82, 2.24) is 14.1 Å². The highest BCUT2D eigenvalue weighted by Crippen LogP contribution is 1.76. The van der Waals surface area contributed by atoms with E-state index in [9.17, 15) is 0 Å². The van der Waals surface area contributed by atoms with Crippen LogP contribution in [0.4, 0.5) is 0 Å². The van der Waals surface area contributed by atoms with Crippen molar-refractivity contribution in [3.8, 4) is 0 Å². The van der Waals surface area contributed by atoms with Crippen LogP contribution in [-0.4, -0.2) is 35.1 Å². The molecular weight excluding hydrogens is 162 g/mol. The zero-order chi connectivity index (χ0) is 7.78. The second-order valence-corrected chi connectivity index (χ2v) is 2.54. The lowest BCUT2D eigenvalue weighted by molar-refractivity contribution is 0.109. The maximum absolute atomic E-state index is 5.01. The van der Waals surface area contributed by atoms with Gasteiger partial charge in [-0.3, -0.25) is 0 Å². The van der Waals surface area contributed by atoms with E-state index >= 15 is 0 Å². The van der Waals surface area contributed by atoms with Gasteiger partial charge < -0.3 is 10.1 Å². The van der Waals surface area contributed by atoms with E-state index in [-0.39, 0.29) is 0 Å². The van der Waals surface area contributed by atoms with Gasteiger partial charge in [-0.05, 0) is 0 Å². The van der Waals surface area contributed by atoms with Crippen molar-refractivity contribution in [3.05, 3.63) is 12.4 Å². The van der Waals surface area contributed by atoms with Crippen molar-refractivity contribution >= 4 is 11.7 Å². The molecular formula is C6H11N3OS. The molecule has 1 fully saturated rings. The molecule has 5 heteroatoms. The SMILES string of the molecule is C1COCCN1.c1cnsn1. The molecule has 0 atom stereocenters. The first-order valence-corrected chi connectivity index (χ1v) is 4.23. The average Bonchev–Trinajstić information content (AvgIpc) is 2.64. The fourth-order valence-corrected chi connectivity index (χ4v) is 0.924. The summed E-state index contributed by atoms with van der Waals surface area (Å²) in [5, 5.41) is 3.16. The maximum Gasteiger partial charge on any atom is 0.0679 e. The van der Waals surface area contributed by atoms with E-state index in [0.717, 1.165) is 26.3 Å². The van der Waals surface area contributed by atoms with Crippen molar-refractivity contribution in [2.24, 2.45) is 0 Å². The van der Waals surface area contributed by atoms with E-state index in [1.54, 1.807) is 12.4 Å². The van der Waals surface area contributed by atoms with Crippen molar-refractivity contribution in [2.45, 2.75) is 0 Å². The van der Waals surface area contributed by atoms with E-state index in [1.165, 1.54) is 11.7 Å². The fourth-order valence-electron chi connectivity index (χ4n) is 0.652. The van der Waals surface area contributed by atoms with Gasteiger partial charge >= 0.3 is 0 Å². The van der Waals surface area contributed by atoms with E-state index in [0.29, 0.717) is 0 Å². The van der Waals surface area contributed by atoms with Crippen LogP contribution >= 0.6 is 11.7 Å². The van der Waals surface area contributed by atoms with Crippen molar-refractivity contribution in [3.63, 3.8) is 0 Å². The Balaban J connectivity index is 0.000000112. The van der Waals surface area contributed by atoms with Gasteiger partial charge in [-0.15, -0.1) is 0 Å². The van der Waals surface area contributed by atoms with E-state index in [4.69, 9.17) is 4.74 Å². The largest absolute Gasteiger partial charge is 0.379 e. The van der Waals surface area contributed by atoms with Crippen LogP contribution in [0.2, 0.25) is 0 Å². The molecule has 0 spiro atoms. The summed E-state index contributed by atoms with van der Waals surface area (Å²) in [4.78, 5) is 0. The Kier molecular flexibility index (Phi) is 4.84. The molecule has 0 radical (unpaired) electrons. The summed E-state index contributed by atoms with van der Waals surface area (Å²) in [5.74, 6) is 0. The minimum atomic E-state index is 0.889. The molecule has 4 nitrogen and oxygen atoms in total. The molecule has 2 heterocycles. The first kappa shape index (κ1) is 8.58. The van der Waals surface area contributed by atoms with E-state index < -0.39 is 0 Å². The Labute approximate surface area is 69.9 Å². The van der Waals surface area contributed by atoms with Crippen LogP contribution < -0.4 is 5.32 Å². The van der Waals surface area contributed by atoms with Crippen LogP contribution in [0, 0.1) is 0 Å². The molecule has 62 valence electrons. The number of nitrogens with one attached hydrogen (secondary N) is 1. The quantitative estimate of drug-likeness (QED) is 0.606. The van der Waals surface area contributed by atoms with Gasteiger partial charge in [0.2, 0.25) is 0 Å². The Hall–Kier alpha value is -0.520. The lowest BCUT2D eigenvalue weighted by atomic mass is 10.5. The fraction of sp³-hybridized carbons (Fsp3) is 0.667. The number of rotatable bonds is 0. The van der Waals surface area contributed by atoms with Gasteiger partial charge in [0, 0.05) is 13.1 Å². The van der Waals surface area contributed by atoms with Crippen LogP contribution in [0.5, 0.6) is 0 Å². The molecule has 1 aliphatic rings. The first-order chi connectivity index (χ1) is 5.50. The molecule has 11 heavy (non-hydrogen) atoms. The smallest absolute Gasteiger partial charge is 0.0679 e. The van der Waals surface area contributed by atoms with Gasteiger partial charge in [-0.2, -0.15) is 8.75 Å². The van der Waals surface area contributed by atoms with Crippen molar-refractivity contribution < 1.29 is 4.74 Å². The van der Waals surface area contributed by atoms with Gasteiger partial charge in [0.05, 0.1) is 37.3 Å². The molecule has 1 aliphatic heterocycles. The monoisotopic (exact) mass is 173 g/mol. The maximum atomic E-state index is 5.01. The number of ether oxygens (including phenoxy) is 1. The first-order valence-electron chi connectivity index (χ1n) is 3.50. The molecule has 0 bridgehead atoms. The summed E-state index contributed by atoms with van der Waals surface area (Å²) in [6.45, 7) is 3.83. The highest BCUT2D eigenvalue weighted by molar-refractivity contribution is 6.98. The molecule has 1 saturated heterocycles. The number of nitrogens with zero attached hydrogens (tertiary/aromatic N) is 2. The second-order valence-electron chi connectivity index (χ2n) is 1.95. The van der Waals surface area contributed by atoms with Gasteiger partial charge in [0.1, 0.15) is 0 Å². The third-order valence-corrected chi connectivity index (χ3v) is 1.56. The van der Waals surface area contributed by atoms with E-state index in [1.807, 2.05) is 0 Å². The Morgan fingerprint density at radius 3 is 2.00 bits per heavy atom. The summed E-state index contributed by atoms with van der Waals surface area (Å²) in [7, 11) is 0. The lowest BCUT2D eigenvalue weighted by Crippen LogP contribution is -2.30. The lowest BCUT2D eigenvalue weighted by Gasteiger charge is -2.10. The Morgan fingerprint density at radius 1 is 1.18 bits per heavy atom. The molecule has 0 amide bonds. The van der Waals surface area contributed by atoms with Gasteiger partial charge in [-0.25, -0.2) is 0 Å². The number of hydrogen-bond donors (Lipinski definition) is 1. The zero-order valence-corrected chi connectivity index (χ0v) is 7.01. The summed E-state index contributed by atoms with van der Waals surface area (Å²) in [5.41, 5.74) is 0. The molecule has 1 N–H and O–H groups in total. The molecule has 2 rings (SSSR count). The highest BCUT2D eigenvalue weighted by Gasteiger charge is 1.92. The highest BCUT2D eigenvalue weighted by atomic mass is 32.1. The molecule has 0 unspecified atom stereocenters. The van der Waals surface area contributed by atoms with Crippen LogP contribution in [0.3, 0.4) is 0 Å². The summed E-state index contributed by atoms with van der Waals surface area (Å²) in [6, 6.07) is 0. The third kappa shape index (κ3) is 4.83. The predicted molar refractivity (Wildman–Crippen MR) is 43.6 cm³/mol.